The number of carbonyl (C=O) groups excluding carboxylic acids is 1. The molecule has 2 N–H and O–H groups in total. The standard InChI is InChI=1S/C25H25N9O4S/c1-39(37,38)30-21(36)15-33-16-26-22-23(33)28-25(29-24(22)34-20-5-3-2-4-17(20)14-27-34)32-12-10-31(11-13-32)18-6-8-19(35)9-7-18/h2-9,14,16,35H,10-13,15H2,1H3,(H,30,36). The van der Waals surface area contributed by atoms with Gasteiger partial charge in [-0.1, -0.05) is 18.2 Å². The summed E-state index contributed by atoms with van der Waals surface area (Å²) in [4.78, 5) is 30.8. The Morgan fingerprint density at radius 1 is 1.00 bits per heavy atom. The Kier molecular flexibility index (Phi) is 6.02. The molecule has 0 atom stereocenters. The molecule has 200 valence electrons. The Bertz CT molecular complexity index is 1790. The molecule has 0 spiro atoms. The fourth-order valence-electron chi connectivity index (χ4n) is 4.69. The maximum Gasteiger partial charge on any atom is 0.253 e. The second-order valence-corrected chi connectivity index (χ2v) is 11.0. The number of hydrogen-bond donors (Lipinski definition) is 2. The number of piperazine rings is 1. The quantitative estimate of drug-likeness (QED) is 0.318. The van der Waals surface area contributed by atoms with Gasteiger partial charge in [0.15, 0.2) is 17.0 Å². The summed E-state index contributed by atoms with van der Waals surface area (Å²) in [7, 11) is -3.71. The molecule has 4 heterocycles. The normalized spacial score (nSPS) is 14.3. The maximum absolute atomic E-state index is 12.4. The lowest BCUT2D eigenvalue weighted by Gasteiger charge is -2.36. The summed E-state index contributed by atoms with van der Waals surface area (Å²) in [5.41, 5.74) is 2.68. The third kappa shape index (κ3) is 4.93. The molecule has 6 rings (SSSR count). The molecule has 0 saturated carbocycles. The van der Waals surface area contributed by atoms with Crippen molar-refractivity contribution in [3.05, 3.63) is 61.1 Å². The van der Waals surface area contributed by atoms with Crippen molar-refractivity contribution < 1.29 is 18.3 Å². The van der Waals surface area contributed by atoms with Crippen LogP contribution in [0.2, 0.25) is 0 Å². The Morgan fingerprint density at radius 3 is 2.46 bits per heavy atom. The lowest BCUT2D eigenvalue weighted by molar-refractivity contribution is -0.119. The third-order valence-corrected chi connectivity index (χ3v) is 7.10. The van der Waals surface area contributed by atoms with Gasteiger partial charge in [-0.15, -0.1) is 0 Å². The highest BCUT2D eigenvalue weighted by Gasteiger charge is 2.24. The number of phenols is 1. The van der Waals surface area contributed by atoms with E-state index in [1.807, 2.05) is 41.1 Å². The zero-order valence-corrected chi connectivity index (χ0v) is 21.8. The van der Waals surface area contributed by atoms with Gasteiger partial charge in [0.25, 0.3) is 5.91 Å². The van der Waals surface area contributed by atoms with E-state index in [9.17, 15) is 18.3 Å². The summed E-state index contributed by atoms with van der Waals surface area (Å²) < 4.78 is 28.3. The zero-order chi connectivity index (χ0) is 27.1. The zero-order valence-electron chi connectivity index (χ0n) is 21.0. The van der Waals surface area contributed by atoms with Gasteiger partial charge in [-0.25, -0.2) is 18.1 Å². The number of phenolic OH excluding ortho intramolecular Hbond substituents is 1. The van der Waals surface area contributed by atoms with E-state index in [4.69, 9.17) is 9.97 Å². The van der Waals surface area contributed by atoms with Crippen LogP contribution in [0.5, 0.6) is 5.75 Å². The van der Waals surface area contributed by atoms with Crippen LogP contribution in [0.1, 0.15) is 0 Å². The Labute approximate surface area is 223 Å². The highest BCUT2D eigenvalue weighted by Crippen LogP contribution is 2.26. The first-order valence-corrected chi connectivity index (χ1v) is 14.1. The number of aromatic hydroxyl groups is 1. The Hall–Kier alpha value is -4.72. The van der Waals surface area contributed by atoms with E-state index in [1.54, 1.807) is 23.0 Å². The lowest BCUT2D eigenvalue weighted by Crippen LogP contribution is -2.47. The van der Waals surface area contributed by atoms with E-state index >= 15 is 0 Å². The summed E-state index contributed by atoms with van der Waals surface area (Å²) in [6.07, 6.45) is 4.12. The number of anilines is 2. The van der Waals surface area contributed by atoms with Crippen molar-refractivity contribution in [1.82, 2.24) is 34.0 Å². The molecule has 0 unspecified atom stereocenters. The van der Waals surface area contributed by atoms with Crippen LogP contribution < -0.4 is 14.5 Å². The fourth-order valence-corrected chi connectivity index (χ4v) is 5.16. The van der Waals surface area contributed by atoms with Crippen LogP contribution in [0.25, 0.3) is 27.9 Å². The van der Waals surface area contributed by atoms with Crippen molar-refractivity contribution in [3.8, 4) is 11.6 Å². The monoisotopic (exact) mass is 547 g/mol. The minimum absolute atomic E-state index is 0.222. The molecule has 0 radical (unpaired) electrons. The Morgan fingerprint density at radius 2 is 1.72 bits per heavy atom. The predicted octanol–water partition coefficient (Wildman–Crippen LogP) is 1.27. The van der Waals surface area contributed by atoms with Crippen molar-refractivity contribution >= 4 is 49.6 Å². The molecule has 1 aliphatic rings. The second kappa shape index (κ2) is 9.54. The molecule has 0 bridgehead atoms. The SMILES string of the molecule is CS(=O)(=O)NC(=O)Cn1cnc2c(-n3ncc4ccccc43)nc(N3CCN(c4ccc(O)cc4)CC3)nc21. The van der Waals surface area contributed by atoms with Gasteiger partial charge in [0.05, 0.1) is 24.3 Å². The first-order valence-electron chi connectivity index (χ1n) is 12.2. The number of rotatable bonds is 6. The average molecular weight is 548 g/mol. The maximum atomic E-state index is 12.4. The van der Waals surface area contributed by atoms with Gasteiger partial charge in [0.1, 0.15) is 12.3 Å². The molecule has 3 aromatic heterocycles. The van der Waals surface area contributed by atoms with Crippen LogP contribution >= 0.6 is 0 Å². The molecule has 0 aliphatic carbocycles. The fraction of sp³-hybridized carbons (Fsp3) is 0.240. The number of hydrogen-bond acceptors (Lipinski definition) is 10. The van der Waals surface area contributed by atoms with Crippen LogP contribution in [-0.2, 0) is 21.4 Å². The molecule has 1 fully saturated rings. The number of imidazole rings is 1. The van der Waals surface area contributed by atoms with Crippen molar-refractivity contribution in [2.24, 2.45) is 0 Å². The third-order valence-electron chi connectivity index (χ3n) is 6.50. The van der Waals surface area contributed by atoms with E-state index in [1.165, 1.54) is 10.9 Å². The van der Waals surface area contributed by atoms with Crippen LogP contribution in [0, 0.1) is 0 Å². The van der Waals surface area contributed by atoms with E-state index < -0.39 is 15.9 Å². The number of aromatic nitrogens is 6. The van der Waals surface area contributed by atoms with E-state index in [0.29, 0.717) is 49.1 Å². The van der Waals surface area contributed by atoms with Crippen molar-refractivity contribution in [2.75, 3.05) is 42.2 Å². The minimum atomic E-state index is -3.71. The number of nitrogens with zero attached hydrogens (tertiary/aromatic N) is 8. The van der Waals surface area contributed by atoms with Crippen molar-refractivity contribution in [3.63, 3.8) is 0 Å². The number of amides is 1. The largest absolute Gasteiger partial charge is 0.508 e. The highest BCUT2D eigenvalue weighted by molar-refractivity contribution is 7.89. The van der Waals surface area contributed by atoms with Crippen molar-refractivity contribution in [1.29, 1.82) is 0 Å². The molecule has 39 heavy (non-hydrogen) atoms. The van der Waals surface area contributed by atoms with Gasteiger partial charge in [0, 0.05) is 37.3 Å². The molecule has 2 aromatic carbocycles. The van der Waals surface area contributed by atoms with Gasteiger partial charge in [0.2, 0.25) is 16.0 Å². The smallest absolute Gasteiger partial charge is 0.253 e. The molecule has 13 nitrogen and oxygen atoms in total. The number of fused-ring (bicyclic) bond motifs is 2. The van der Waals surface area contributed by atoms with E-state index in [0.717, 1.165) is 22.8 Å². The number of nitrogens with one attached hydrogen (secondary N) is 1. The molecule has 1 amide bonds. The van der Waals surface area contributed by atoms with Gasteiger partial charge in [-0.05, 0) is 30.3 Å². The molecular weight excluding hydrogens is 522 g/mol. The van der Waals surface area contributed by atoms with Crippen LogP contribution in [0.3, 0.4) is 0 Å². The van der Waals surface area contributed by atoms with Crippen LogP contribution in [0.15, 0.2) is 61.1 Å². The average Bonchev–Trinajstić information content (AvgIpc) is 3.52. The summed E-state index contributed by atoms with van der Waals surface area (Å²) >= 11 is 0. The molecule has 1 saturated heterocycles. The first kappa shape index (κ1) is 24.6. The highest BCUT2D eigenvalue weighted by atomic mass is 32.2. The number of sulfonamides is 1. The molecule has 14 heteroatoms. The summed E-state index contributed by atoms with van der Waals surface area (Å²) in [5.74, 6) is 0.428. The number of benzene rings is 2. The Balaban J connectivity index is 1.38. The summed E-state index contributed by atoms with van der Waals surface area (Å²) in [6, 6.07) is 14.8. The number of carbonyl (C=O) groups is 1. The van der Waals surface area contributed by atoms with Crippen LogP contribution in [0.4, 0.5) is 11.6 Å². The molecule has 1 aliphatic heterocycles. The lowest BCUT2D eigenvalue weighted by atomic mass is 10.2. The molecule has 5 aromatic rings. The topological polar surface area (TPSA) is 151 Å². The van der Waals surface area contributed by atoms with Crippen molar-refractivity contribution in [2.45, 2.75) is 6.54 Å². The number of para-hydroxylation sites is 1. The summed E-state index contributed by atoms with van der Waals surface area (Å²) in [6.45, 7) is 2.40. The van der Waals surface area contributed by atoms with E-state index in [-0.39, 0.29) is 12.3 Å². The molecular formula is C25H25N9O4S. The minimum Gasteiger partial charge on any atom is -0.508 e. The predicted molar refractivity (Wildman–Crippen MR) is 145 cm³/mol. The van der Waals surface area contributed by atoms with Gasteiger partial charge >= 0.3 is 0 Å². The van der Waals surface area contributed by atoms with Gasteiger partial charge in [-0.2, -0.15) is 15.1 Å². The summed E-state index contributed by atoms with van der Waals surface area (Å²) in [5, 5.41) is 15.1. The van der Waals surface area contributed by atoms with Gasteiger partial charge in [-0.3, -0.25) is 9.52 Å². The first-order chi connectivity index (χ1) is 18.7. The van der Waals surface area contributed by atoms with E-state index in [2.05, 4.69) is 19.9 Å². The second-order valence-electron chi connectivity index (χ2n) is 9.29. The van der Waals surface area contributed by atoms with Crippen LogP contribution in [-0.4, -0.2) is 81.2 Å². The van der Waals surface area contributed by atoms with Gasteiger partial charge < -0.3 is 19.5 Å².